The summed E-state index contributed by atoms with van der Waals surface area (Å²) >= 11 is 0. The number of carbonyl (C=O) groups is 1. The van der Waals surface area contributed by atoms with Gasteiger partial charge in [0.1, 0.15) is 6.33 Å². The molecule has 0 atom stereocenters. The number of anilines is 1. The van der Waals surface area contributed by atoms with Gasteiger partial charge in [0.25, 0.3) is 0 Å². The SMILES string of the molecule is COc1ncncc1-c1ccc(N2CCCC2=O)cc1. The van der Waals surface area contributed by atoms with Crippen LogP contribution in [0, 0.1) is 0 Å². The predicted octanol–water partition coefficient (Wildman–Crippen LogP) is 2.28. The van der Waals surface area contributed by atoms with Gasteiger partial charge in [0, 0.05) is 24.8 Å². The van der Waals surface area contributed by atoms with Crippen molar-refractivity contribution in [2.75, 3.05) is 18.6 Å². The fourth-order valence-electron chi connectivity index (χ4n) is 2.42. The van der Waals surface area contributed by atoms with E-state index in [0.29, 0.717) is 12.3 Å². The molecule has 1 amide bonds. The van der Waals surface area contributed by atoms with Gasteiger partial charge in [-0.3, -0.25) is 4.79 Å². The van der Waals surface area contributed by atoms with Crippen LogP contribution in [0.5, 0.6) is 5.88 Å². The van der Waals surface area contributed by atoms with E-state index >= 15 is 0 Å². The molecule has 5 heteroatoms. The van der Waals surface area contributed by atoms with Crippen molar-refractivity contribution >= 4 is 11.6 Å². The van der Waals surface area contributed by atoms with Crippen molar-refractivity contribution in [3.05, 3.63) is 36.8 Å². The first-order chi connectivity index (χ1) is 9.79. The van der Waals surface area contributed by atoms with Crippen molar-refractivity contribution in [2.24, 2.45) is 0 Å². The summed E-state index contributed by atoms with van der Waals surface area (Å²) in [6.45, 7) is 0.802. The third kappa shape index (κ3) is 2.22. The summed E-state index contributed by atoms with van der Waals surface area (Å²) in [6, 6.07) is 7.82. The third-order valence-corrected chi connectivity index (χ3v) is 3.43. The molecule has 0 bridgehead atoms. The molecule has 0 saturated carbocycles. The van der Waals surface area contributed by atoms with Crippen LogP contribution in [0.2, 0.25) is 0 Å². The highest BCUT2D eigenvalue weighted by Gasteiger charge is 2.21. The number of methoxy groups -OCH3 is 1. The van der Waals surface area contributed by atoms with Gasteiger partial charge in [0.2, 0.25) is 11.8 Å². The van der Waals surface area contributed by atoms with E-state index in [4.69, 9.17) is 4.74 Å². The van der Waals surface area contributed by atoms with Crippen molar-refractivity contribution in [3.63, 3.8) is 0 Å². The maximum atomic E-state index is 11.7. The summed E-state index contributed by atoms with van der Waals surface area (Å²) in [5.74, 6) is 0.739. The molecule has 2 heterocycles. The first-order valence-electron chi connectivity index (χ1n) is 6.54. The molecule has 0 spiro atoms. The number of amides is 1. The molecule has 20 heavy (non-hydrogen) atoms. The Labute approximate surface area is 117 Å². The molecule has 1 aliphatic rings. The molecular weight excluding hydrogens is 254 g/mol. The van der Waals surface area contributed by atoms with Gasteiger partial charge in [-0.1, -0.05) is 12.1 Å². The average Bonchev–Trinajstić information content (AvgIpc) is 2.93. The number of aromatic nitrogens is 2. The Kier molecular flexibility index (Phi) is 3.33. The van der Waals surface area contributed by atoms with Crippen LogP contribution in [0.15, 0.2) is 36.8 Å². The molecule has 1 aromatic carbocycles. The molecule has 1 aliphatic heterocycles. The first kappa shape index (κ1) is 12.6. The summed E-state index contributed by atoms with van der Waals surface area (Å²) < 4.78 is 5.23. The molecule has 2 aromatic rings. The Bertz CT molecular complexity index is 625. The lowest BCUT2D eigenvalue weighted by Crippen LogP contribution is -2.23. The number of hydrogen-bond acceptors (Lipinski definition) is 4. The molecule has 1 saturated heterocycles. The largest absolute Gasteiger partial charge is 0.480 e. The lowest BCUT2D eigenvalue weighted by atomic mass is 10.1. The molecule has 5 nitrogen and oxygen atoms in total. The van der Waals surface area contributed by atoms with Crippen molar-refractivity contribution in [1.82, 2.24) is 9.97 Å². The van der Waals surface area contributed by atoms with Crippen LogP contribution in [0.25, 0.3) is 11.1 Å². The molecular formula is C15H15N3O2. The van der Waals surface area contributed by atoms with Crippen molar-refractivity contribution in [2.45, 2.75) is 12.8 Å². The Morgan fingerprint density at radius 1 is 1.25 bits per heavy atom. The van der Waals surface area contributed by atoms with Gasteiger partial charge in [-0.25, -0.2) is 9.97 Å². The number of hydrogen-bond donors (Lipinski definition) is 0. The number of nitrogens with zero attached hydrogens (tertiary/aromatic N) is 3. The van der Waals surface area contributed by atoms with Crippen LogP contribution in [-0.2, 0) is 4.79 Å². The van der Waals surface area contributed by atoms with E-state index in [0.717, 1.165) is 29.8 Å². The van der Waals surface area contributed by atoms with Gasteiger partial charge in [-0.15, -0.1) is 0 Å². The smallest absolute Gasteiger partial charge is 0.227 e. The monoisotopic (exact) mass is 269 g/mol. The first-order valence-corrected chi connectivity index (χ1v) is 6.54. The number of ether oxygens (including phenoxy) is 1. The van der Waals surface area contributed by atoms with Crippen LogP contribution in [0.4, 0.5) is 5.69 Å². The van der Waals surface area contributed by atoms with Crippen molar-refractivity contribution in [1.29, 1.82) is 0 Å². The highest BCUT2D eigenvalue weighted by molar-refractivity contribution is 5.95. The summed E-state index contributed by atoms with van der Waals surface area (Å²) in [6.07, 6.45) is 4.75. The molecule has 1 aromatic heterocycles. The van der Waals surface area contributed by atoms with Crippen LogP contribution in [0.1, 0.15) is 12.8 Å². The quantitative estimate of drug-likeness (QED) is 0.857. The highest BCUT2D eigenvalue weighted by atomic mass is 16.5. The topological polar surface area (TPSA) is 55.3 Å². The summed E-state index contributed by atoms with van der Waals surface area (Å²) in [7, 11) is 1.59. The number of carbonyl (C=O) groups excluding carboxylic acids is 1. The molecule has 1 fully saturated rings. The Balaban J connectivity index is 1.91. The van der Waals surface area contributed by atoms with E-state index < -0.39 is 0 Å². The normalized spacial score (nSPS) is 14.7. The maximum Gasteiger partial charge on any atom is 0.227 e. The zero-order valence-corrected chi connectivity index (χ0v) is 11.2. The van der Waals surface area contributed by atoms with Gasteiger partial charge in [0.05, 0.1) is 12.7 Å². The van der Waals surface area contributed by atoms with E-state index in [1.165, 1.54) is 6.33 Å². The van der Waals surface area contributed by atoms with Crippen LogP contribution >= 0.6 is 0 Å². The molecule has 3 rings (SSSR count). The summed E-state index contributed by atoms with van der Waals surface area (Å²) in [4.78, 5) is 21.7. The minimum absolute atomic E-state index is 0.193. The van der Waals surface area contributed by atoms with E-state index in [1.807, 2.05) is 29.2 Å². The summed E-state index contributed by atoms with van der Waals surface area (Å²) in [5, 5.41) is 0. The molecule has 0 radical (unpaired) electrons. The third-order valence-electron chi connectivity index (χ3n) is 3.43. The minimum atomic E-state index is 0.193. The van der Waals surface area contributed by atoms with E-state index in [9.17, 15) is 4.79 Å². The fourth-order valence-corrected chi connectivity index (χ4v) is 2.42. The van der Waals surface area contributed by atoms with E-state index in [1.54, 1.807) is 13.3 Å². The zero-order valence-electron chi connectivity index (χ0n) is 11.2. The van der Waals surface area contributed by atoms with Crippen molar-refractivity contribution in [3.8, 4) is 17.0 Å². The van der Waals surface area contributed by atoms with E-state index in [-0.39, 0.29) is 5.91 Å². The Morgan fingerprint density at radius 3 is 2.70 bits per heavy atom. The number of benzene rings is 1. The second-order valence-corrected chi connectivity index (χ2v) is 4.64. The molecule has 0 unspecified atom stereocenters. The van der Waals surface area contributed by atoms with Gasteiger partial charge < -0.3 is 9.64 Å². The van der Waals surface area contributed by atoms with Gasteiger partial charge in [-0.05, 0) is 24.1 Å². The Hall–Kier alpha value is -2.43. The molecule has 102 valence electrons. The lowest BCUT2D eigenvalue weighted by Gasteiger charge is -2.16. The van der Waals surface area contributed by atoms with Crippen molar-refractivity contribution < 1.29 is 9.53 Å². The number of rotatable bonds is 3. The minimum Gasteiger partial charge on any atom is -0.480 e. The maximum absolute atomic E-state index is 11.7. The lowest BCUT2D eigenvalue weighted by molar-refractivity contribution is -0.117. The zero-order chi connectivity index (χ0) is 13.9. The summed E-state index contributed by atoms with van der Waals surface area (Å²) in [5.41, 5.74) is 2.75. The molecule has 0 N–H and O–H groups in total. The van der Waals surface area contributed by atoms with Gasteiger partial charge in [-0.2, -0.15) is 0 Å². The standard InChI is InChI=1S/C15H15N3O2/c1-20-15-13(9-16-10-17-15)11-4-6-12(7-5-11)18-8-2-3-14(18)19/h4-7,9-10H,2-3,8H2,1H3. The Morgan fingerprint density at radius 2 is 2.05 bits per heavy atom. The van der Waals surface area contributed by atoms with Gasteiger partial charge in [0.15, 0.2) is 0 Å². The van der Waals surface area contributed by atoms with Crippen LogP contribution in [0.3, 0.4) is 0 Å². The average molecular weight is 269 g/mol. The molecule has 0 aliphatic carbocycles. The van der Waals surface area contributed by atoms with Crippen LogP contribution < -0.4 is 9.64 Å². The van der Waals surface area contributed by atoms with Gasteiger partial charge >= 0.3 is 0 Å². The highest BCUT2D eigenvalue weighted by Crippen LogP contribution is 2.29. The second kappa shape index (κ2) is 5.28. The second-order valence-electron chi connectivity index (χ2n) is 4.64. The predicted molar refractivity (Wildman–Crippen MR) is 75.6 cm³/mol. The fraction of sp³-hybridized carbons (Fsp3) is 0.267. The van der Waals surface area contributed by atoms with Crippen LogP contribution in [-0.4, -0.2) is 29.5 Å². The van der Waals surface area contributed by atoms with E-state index in [2.05, 4.69) is 9.97 Å².